The Morgan fingerprint density at radius 2 is 0.500 bits per heavy atom. The van der Waals surface area contributed by atoms with Crippen LogP contribution in [-0.4, -0.2) is 36.4 Å². The van der Waals surface area contributed by atoms with Crippen molar-refractivity contribution in [2.45, 2.75) is 290 Å². The van der Waals surface area contributed by atoms with Crippen molar-refractivity contribution in [2.24, 2.45) is 0 Å². The summed E-state index contributed by atoms with van der Waals surface area (Å²) in [4.78, 5) is 24.6. The minimum Gasteiger partial charge on any atom is -0.462 e. The Balaban J connectivity index is 3.55. The zero-order valence-corrected chi connectivity index (χ0v) is 51.8. The van der Waals surface area contributed by atoms with E-state index in [-0.39, 0.29) is 25.2 Å². The summed E-state index contributed by atoms with van der Waals surface area (Å²) in [6, 6.07) is 0. The highest BCUT2D eigenvalue weighted by Crippen LogP contribution is 2.16. The van der Waals surface area contributed by atoms with Gasteiger partial charge in [-0.15, -0.1) is 0 Å². The Kier molecular flexibility index (Phi) is 64.9. The molecular formula is C75H122O5. The first-order valence-electron chi connectivity index (χ1n) is 33.0. The van der Waals surface area contributed by atoms with Gasteiger partial charge < -0.3 is 14.6 Å². The van der Waals surface area contributed by atoms with E-state index < -0.39 is 6.10 Å². The molecule has 0 fully saturated rings. The molecule has 0 heterocycles. The lowest BCUT2D eigenvalue weighted by Gasteiger charge is -2.15. The highest BCUT2D eigenvalue weighted by Gasteiger charge is 2.16. The summed E-state index contributed by atoms with van der Waals surface area (Å²) in [6.07, 6.45) is 105. The Morgan fingerprint density at radius 3 is 0.750 bits per heavy atom. The van der Waals surface area contributed by atoms with E-state index >= 15 is 0 Å². The monoisotopic (exact) mass is 1100 g/mol. The SMILES string of the molecule is CC/C=C\C/C=C\C/C=C\C/C=C\C/C=C\C/C=C\C/C=C\C/C=C\C/C=C\CCCCCCCCCC(=O)OC(CO)COC(=O)CCCCCCCCCCCCCCCCCCCC/C=C\C/C=C\C/C=C\C/C=C\CC. The fourth-order valence-electron chi connectivity index (χ4n) is 8.95. The number of rotatable bonds is 59. The van der Waals surface area contributed by atoms with Crippen LogP contribution in [0, 0.1) is 0 Å². The first-order valence-corrected chi connectivity index (χ1v) is 33.0. The number of allylic oxidation sites excluding steroid dienone is 26. The molecule has 0 aliphatic heterocycles. The van der Waals surface area contributed by atoms with Crippen molar-refractivity contribution in [3.05, 3.63) is 158 Å². The van der Waals surface area contributed by atoms with Gasteiger partial charge in [-0.2, -0.15) is 0 Å². The van der Waals surface area contributed by atoms with Crippen molar-refractivity contribution in [1.82, 2.24) is 0 Å². The molecule has 0 aromatic carbocycles. The molecule has 0 spiro atoms. The zero-order chi connectivity index (χ0) is 57.6. The lowest BCUT2D eigenvalue weighted by atomic mass is 10.0. The third kappa shape index (κ3) is 66.0. The van der Waals surface area contributed by atoms with Gasteiger partial charge in [-0.25, -0.2) is 0 Å². The summed E-state index contributed by atoms with van der Waals surface area (Å²) in [5.41, 5.74) is 0. The summed E-state index contributed by atoms with van der Waals surface area (Å²) in [7, 11) is 0. The predicted octanol–water partition coefficient (Wildman–Crippen LogP) is 23.1. The van der Waals surface area contributed by atoms with Crippen LogP contribution < -0.4 is 0 Å². The summed E-state index contributed by atoms with van der Waals surface area (Å²) < 4.78 is 10.7. The number of esters is 2. The second kappa shape index (κ2) is 68.8. The largest absolute Gasteiger partial charge is 0.462 e. The van der Waals surface area contributed by atoms with E-state index in [9.17, 15) is 14.7 Å². The summed E-state index contributed by atoms with van der Waals surface area (Å²) in [6.45, 7) is 3.92. The molecule has 5 nitrogen and oxygen atoms in total. The molecule has 80 heavy (non-hydrogen) atoms. The van der Waals surface area contributed by atoms with Gasteiger partial charge in [-0.3, -0.25) is 9.59 Å². The van der Waals surface area contributed by atoms with Crippen LogP contribution in [-0.2, 0) is 19.1 Å². The third-order valence-corrected chi connectivity index (χ3v) is 13.8. The van der Waals surface area contributed by atoms with Crippen LogP contribution >= 0.6 is 0 Å². The number of hydrogen-bond acceptors (Lipinski definition) is 5. The van der Waals surface area contributed by atoms with Crippen LogP contribution in [0.3, 0.4) is 0 Å². The second-order valence-electron chi connectivity index (χ2n) is 21.4. The highest BCUT2D eigenvalue weighted by atomic mass is 16.6. The van der Waals surface area contributed by atoms with E-state index in [4.69, 9.17) is 9.47 Å². The van der Waals surface area contributed by atoms with E-state index in [1.54, 1.807) is 0 Å². The van der Waals surface area contributed by atoms with Crippen molar-refractivity contribution in [1.29, 1.82) is 0 Å². The van der Waals surface area contributed by atoms with Gasteiger partial charge in [0.25, 0.3) is 0 Å². The molecule has 0 saturated heterocycles. The van der Waals surface area contributed by atoms with E-state index in [0.717, 1.165) is 128 Å². The molecule has 1 atom stereocenters. The van der Waals surface area contributed by atoms with E-state index in [2.05, 4.69) is 172 Å². The molecule has 1 unspecified atom stereocenters. The Morgan fingerprint density at radius 1 is 0.287 bits per heavy atom. The lowest BCUT2D eigenvalue weighted by molar-refractivity contribution is -0.161. The number of aliphatic hydroxyl groups excluding tert-OH is 1. The Labute approximate surface area is 494 Å². The minimum atomic E-state index is -0.790. The highest BCUT2D eigenvalue weighted by molar-refractivity contribution is 5.70. The average molecular weight is 1100 g/mol. The average Bonchev–Trinajstić information content (AvgIpc) is 3.46. The van der Waals surface area contributed by atoms with Gasteiger partial charge in [0, 0.05) is 12.8 Å². The molecule has 5 heteroatoms. The molecule has 0 amide bonds. The molecule has 0 aromatic rings. The maximum Gasteiger partial charge on any atom is 0.306 e. The van der Waals surface area contributed by atoms with Gasteiger partial charge in [-0.05, 0) is 122 Å². The fourth-order valence-corrected chi connectivity index (χ4v) is 8.95. The van der Waals surface area contributed by atoms with E-state index in [1.807, 2.05) is 0 Å². The van der Waals surface area contributed by atoms with Gasteiger partial charge in [0.05, 0.1) is 6.61 Å². The van der Waals surface area contributed by atoms with Crippen LogP contribution in [0.15, 0.2) is 158 Å². The maximum absolute atomic E-state index is 12.4. The number of aliphatic hydroxyl groups is 1. The molecular weight excluding hydrogens is 981 g/mol. The van der Waals surface area contributed by atoms with Gasteiger partial charge in [0.15, 0.2) is 6.10 Å². The van der Waals surface area contributed by atoms with E-state index in [0.29, 0.717) is 12.8 Å². The Hall–Kier alpha value is -4.48. The molecule has 0 aromatic heterocycles. The summed E-state index contributed by atoms with van der Waals surface area (Å²) in [5.74, 6) is -0.605. The number of hydrogen-bond donors (Lipinski definition) is 1. The summed E-state index contributed by atoms with van der Waals surface area (Å²) in [5, 5.41) is 9.69. The smallest absolute Gasteiger partial charge is 0.306 e. The second-order valence-corrected chi connectivity index (χ2v) is 21.4. The lowest BCUT2D eigenvalue weighted by Crippen LogP contribution is -2.28. The number of carbonyl (C=O) groups is 2. The topological polar surface area (TPSA) is 72.8 Å². The Bertz CT molecular complexity index is 1730. The van der Waals surface area contributed by atoms with Crippen LogP contribution in [0.25, 0.3) is 0 Å². The molecule has 0 radical (unpaired) electrons. The standard InChI is InChI=1S/C75H122O5/c1-3-5-7-9-11-13-15-17-19-21-23-25-27-29-31-33-35-36-37-38-40-42-44-46-48-50-52-54-56-58-60-62-64-66-68-70-75(78)80-73(71-76)72-79-74(77)69-67-65-63-61-59-57-55-53-51-49-47-45-43-41-39-34-32-30-28-26-24-22-20-18-16-14-12-10-8-6-4-2/h5-8,11-14,17-20,23-26,29,31,35-36,38,40,44,46,50,52,73,76H,3-4,9-10,15-16,21-22,27-28,30,32-34,37,39,41-43,45,47-49,51,53-72H2,1-2H3/b7-5-,8-6-,13-11-,14-12-,19-17-,20-18-,25-23-,26-24-,31-29-,36-35-,40-38-,46-44-,52-50-. The van der Waals surface area contributed by atoms with Gasteiger partial charge in [-0.1, -0.05) is 307 Å². The van der Waals surface area contributed by atoms with Crippen molar-refractivity contribution in [3.63, 3.8) is 0 Å². The number of unbranched alkanes of at least 4 members (excludes halogenated alkanes) is 25. The molecule has 0 bridgehead atoms. The first kappa shape index (κ1) is 75.5. The molecule has 1 N–H and O–H groups in total. The quantitative estimate of drug-likeness (QED) is 0.0373. The van der Waals surface area contributed by atoms with Crippen LogP contribution in [0.1, 0.15) is 284 Å². The van der Waals surface area contributed by atoms with Gasteiger partial charge in [0.1, 0.15) is 6.61 Å². The molecule has 0 aliphatic rings. The third-order valence-electron chi connectivity index (χ3n) is 13.8. The van der Waals surface area contributed by atoms with Crippen LogP contribution in [0.2, 0.25) is 0 Å². The molecule has 0 rings (SSSR count). The van der Waals surface area contributed by atoms with Crippen molar-refractivity contribution >= 4 is 11.9 Å². The van der Waals surface area contributed by atoms with Crippen molar-refractivity contribution in [3.8, 4) is 0 Å². The minimum absolute atomic E-state index is 0.0774. The maximum atomic E-state index is 12.4. The normalized spacial score (nSPS) is 13.3. The van der Waals surface area contributed by atoms with Gasteiger partial charge in [0.2, 0.25) is 0 Å². The first-order chi connectivity index (χ1) is 39.6. The molecule has 0 saturated carbocycles. The van der Waals surface area contributed by atoms with Crippen LogP contribution in [0.5, 0.6) is 0 Å². The summed E-state index contributed by atoms with van der Waals surface area (Å²) >= 11 is 0. The molecule has 0 aliphatic carbocycles. The molecule has 452 valence electrons. The van der Waals surface area contributed by atoms with Gasteiger partial charge >= 0.3 is 11.9 Å². The predicted molar refractivity (Wildman–Crippen MR) is 352 cm³/mol. The number of ether oxygens (including phenoxy) is 2. The van der Waals surface area contributed by atoms with E-state index in [1.165, 1.54) is 128 Å². The van der Waals surface area contributed by atoms with Crippen molar-refractivity contribution in [2.75, 3.05) is 13.2 Å². The zero-order valence-electron chi connectivity index (χ0n) is 51.8. The fraction of sp³-hybridized carbons (Fsp3) is 0.627. The van der Waals surface area contributed by atoms with Crippen LogP contribution in [0.4, 0.5) is 0 Å². The van der Waals surface area contributed by atoms with Crippen molar-refractivity contribution < 1.29 is 24.2 Å². The number of carbonyl (C=O) groups excluding carboxylic acids is 2.